The molecule has 2 heterocycles. The summed E-state index contributed by atoms with van der Waals surface area (Å²) in [6.45, 7) is 14.4. The highest BCUT2D eigenvalue weighted by atomic mass is 79.9. The van der Waals surface area contributed by atoms with Crippen molar-refractivity contribution in [2.45, 2.75) is 39.3 Å². The molecule has 0 saturated carbocycles. The van der Waals surface area contributed by atoms with Crippen LogP contribution in [0.5, 0.6) is 0 Å². The van der Waals surface area contributed by atoms with E-state index in [0.29, 0.717) is 0 Å². The van der Waals surface area contributed by atoms with Crippen LogP contribution in [-0.2, 0) is 0 Å². The van der Waals surface area contributed by atoms with Gasteiger partial charge in [0, 0.05) is 38.8 Å². The second-order valence-electron chi connectivity index (χ2n) is 8.89. The van der Waals surface area contributed by atoms with Crippen molar-refractivity contribution in [3.63, 3.8) is 0 Å². The Morgan fingerprint density at radius 1 is 0.536 bits per heavy atom. The van der Waals surface area contributed by atoms with Crippen LogP contribution in [0.3, 0.4) is 0 Å². The highest BCUT2D eigenvalue weighted by Gasteiger charge is 2.25. The van der Waals surface area contributed by atoms with Gasteiger partial charge in [-0.15, -0.1) is 22.7 Å². The van der Waals surface area contributed by atoms with Crippen LogP contribution in [0.15, 0.2) is 42.2 Å². The van der Waals surface area contributed by atoms with Crippen LogP contribution in [0.2, 0.25) is 39.3 Å². The smallest absolute Gasteiger partial charge is 0.0904 e. The fraction of sp³-hybridized carbons (Fsp3) is 0.300. The molecule has 0 aliphatic rings. The lowest BCUT2D eigenvalue weighted by molar-refractivity contribution is 1.58. The molecule has 3 rings (SSSR count). The van der Waals surface area contributed by atoms with Gasteiger partial charge in [0.15, 0.2) is 0 Å². The predicted molar refractivity (Wildman–Crippen MR) is 150 cm³/mol. The Morgan fingerprint density at radius 2 is 0.857 bits per heavy atom. The maximum atomic E-state index is 3.85. The quantitative estimate of drug-likeness (QED) is 0.238. The molecule has 0 aliphatic heterocycles. The lowest BCUT2D eigenvalue weighted by Gasteiger charge is -2.13. The van der Waals surface area contributed by atoms with Crippen LogP contribution in [0.25, 0.3) is 20.9 Å². The summed E-state index contributed by atoms with van der Waals surface area (Å²) < 4.78 is 7.67. The Balaban J connectivity index is 2.11. The van der Waals surface area contributed by atoms with Gasteiger partial charge in [0.2, 0.25) is 0 Å². The van der Waals surface area contributed by atoms with Crippen molar-refractivity contribution in [3.05, 3.63) is 42.2 Å². The van der Waals surface area contributed by atoms with E-state index in [0.717, 1.165) is 8.95 Å². The monoisotopic (exact) mass is 698 g/mol. The molecule has 0 aliphatic carbocycles. The third kappa shape index (κ3) is 4.89. The summed E-state index contributed by atoms with van der Waals surface area (Å²) in [5.74, 6) is 0. The number of hydrogen-bond donors (Lipinski definition) is 0. The highest BCUT2D eigenvalue weighted by Crippen LogP contribution is 2.45. The summed E-state index contributed by atoms with van der Waals surface area (Å²) in [6.07, 6.45) is 0. The molecule has 8 heteroatoms. The van der Waals surface area contributed by atoms with Crippen molar-refractivity contribution >= 4 is 112 Å². The van der Waals surface area contributed by atoms with Crippen LogP contribution >= 0.6 is 86.4 Å². The number of halogens is 4. The zero-order valence-corrected chi connectivity index (χ0v) is 26.6. The van der Waals surface area contributed by atoms with Gasteiger partial charge in [-0.1, -0.05) is 71.1 Å². The number of thiophene rings is 2. The average molecular weight is 702 g/mol. The fourth-order valence-corrected chi connectivity index (χ4v) is 12.1. The molecule has 0 bridgehead atoms. The fourth-order valence-electron chi connectivity index (χ4n) is 2.74. The number of benzene rings is 1. The van der Waals surface area contributed by atoms with Crippen LogP contribution in [-0.4, -0.2) is 16.1 Å². The molecule has 0 saturated heterocycles. The summed E-state index contributed by atoms with van der Waals surface area (Å²) in [5.41, 5.74) is 2.46. The lowest BCUT2D eigenvalue weighted by atomic mass is 10.1. The Labute approximate surface area is 211 Å². The van der Waals surface area contributed by atoms with Crippen LogP contribution in [0.4, 0.5) is 0 Å². The molecule has 0 radical (unpaired) electrons. The summed E-state index contributed by atoms with van der Waals surface area (Å²) >= 11 is 19.1. The van der Waals surface area contributed by atoms with Gasteiger partial charge in [0.05, 0.1) is 16.1 Å². The maximum Gasteiger partial charge on any atom is 0.0904 e. The highest BCUT2D eigenvalue weighted by molar-refractivity contribution is 9.11. The second-order valence-corrected chi connectivity index (χ2v) is 25.2. The summed E-state index contributed by atoms with van der Waals surface area (Å²) in [6, 6.07) is 9.14. The van der Waals surface area contributed by atoms with Gasteiger partial charge in [0.1, 0.15) is 0 Å². The first-order valence-electron chi connectivity index (χ1n) is 8.88. The lowest BCUT2D eigenvalue weighted by Crippen LogP contribution is -2.34. The molecular formula is C20H22Br4S2Si2. The van der Waals surface area contributed by atoms with E-state index >= 15 is 0 Å². The molecule has 0 unspecified atom stereocenters. The molecule has 0 atom stereocenters. The molecule has 0 spiro atoms. The van der Waals surface area contributed by atoms with Crippen molar-refractivity contribution in [1.82, 2.24) is 0 Å². The van der Waals surface area contributed by atoms with Crippen molar-refractivity contribution < 1.29 is 0 Å². The van der Waals surface area contributed by atoms with E-state index in [1.165, 1.54) is 38.8 Å². The zero-order valence-electron chi connectivity index (χ0n) is 16.6. The van der Waals surface area contributed by atoms with Crippen molar-refractivity contribution in [2.24, 2.45) is 0 Å². The molecule has 0 fully saturated rings. The van der Waals surface area contributed by atoms with Gasteiger partial charge >= 0.3 is 0 Å². The normalized spacial score (nSPS) is 12.6. The minimum absolute atomic E-state index is 1.13. The third-order valence-corrected chi connectivity index (χ3v) is 17.0. The van der Waals surface area contributed by atoms with Crippen LogP contribution in [0.1, 0.15) is 0 Å². The van der Waals surface area contributed by atoms with E-state index in [-0.39, 0.29) is 0 Å². The van der Waals surface area contributed by atoms with Crippen molar-refractivity contribution in [2.75, 3.05) is 0 Å². The SMILES string of the molecule is C[Si](C)(C)c1cc(Br)c(-c2cc(Br)c(-c3sc([Si](C)(C)C)cc3Br)cc2Br)s1. The number of hydrogen-bond acceptors (Lipinski definition) is 2. The second kappa shape index (κ2) is 8.49. The van der Waals surface area contributed by atoms with Gasteiger partial charge < -0.3 is 0 Å². The zero-order chi connectivity index (χ0) is 21.0. The molecule has 28 heavy (non-hydrogen) atoms. The van der Waals surface area contributed by atoms with Gasteiger partial charge in [-0.25, -0.2) is 0 Å². The topological polar surface area (TPSA) is 0 Å². The van der Waals surface area contributed by atoms with Crippen LogP contribution < -0.4 is 9.00 Å². The number of rotatable bonds is 4. The Bertz CT molecular complexity index is 956. The molecule has 150 valence electrons. The summed E-state index contributed by atoms with van der Waals surface area (Å²) in [4.78, 5) is 2.59. The standard InChI is InChI=1S/C20H22Br4S2Si2/c1-27(2,3)17-9-15(23)19(25-17)11-7-14(22)12(8-13(11)21)20-16(24)10-18(26-20)28(4,5)6/h7-10H,1-6H3. The Kier molecular flexibility index (Phi) is 7.16. The largest absolute Gasteiger partial charge is 0.144 e. The van der Waals surface area contributed by atoms with E-state index in [9.17, 15) is 0 Å². The molecule has 1 aromatic carbocycles. The minimum atomic E-state index is -1.33. The molecule has 2 aromatic heterocycles. The predicted octanol–water partition coefficient (Wildman–Crippen LogP) is 9.28. The van der Waals surface area contributed by atoms with E-state index < -0.39 is 16.1 Å². The van der Waals surface area contributed by atoms with E-state index in [1.807, 2.05) is 22.7 Å². The van der Waals surface area contributed by atoms with Crippen LogP contribution in [0, 0.1) is 0 Å². The van der Waals surface area contributed by atoms with E-state index in [1.54, 1.807) is 0 Å². The molecular weight excluding hydrogens is 680 g/mol. The Hall–Kier alpha value is 0.974. The van der Waals surface area contributed by atoms with Gasteiger partial charge in [-0.2, -0.15) is 0 Å². The first-order chi connectivity index (χ1) is 12.8. The Morgan fingerprint density at radius 3 is 1.11 bits per heavy atom. The first kappa shape index (κ1) is 23.6. The molecule has 0 nitrogen and oxygen atoms in total. The molecule has 0 amide bonds. The van der Waals surface area contributed by atoms with Gasteiger partial charge in [0.25, 0.3) is 0 Å². The van der Waals surface area contributed by atoms with E-state index in [4.69, 9.17) is 0 Å². The molecule has 0 N–H and O–H groups in total. The van der Waals surface area contributed by atoms with Crippen molar-refractivity contribution in [3.8, 4) is 20.9 Å². The summed E-state index contributed by atoms with van der Waals surface area (Å²) in [5, 5.41) is 0. The average Bonchev–Trinajstić information content (AvgIpc) is 3.12. The van der Waals surface area contributed by atoms with Crippen molar-refractivity contribution in [1.29, 1.82) is 0 Å². The first-order valence-corrected chi connectivity index (χ1v) is 20.7. The minimum Gasteiger partial charge on any atom is -0.144 e. The summed E-state index contributed by atoms with van der Waals surface area (Å²) in [7, 11) is -2.67. The molecule has 3 aromatic rings. The van der Waals surface area contributed by atoms with Gasteiger partial charge in [-0.3, -0.25) is 0 Å². The maximum absolute atomic E-state index is 3.85. The third-order valence-electron chi connectivity index (χ3n) is 4.40. The van der Waals surface area contributed by atoms with Gasteiger partial charge in [-0.05, 0) is 65.1 Å². The van der Waals surface area contributed by atoms with E-state index in [2.05, 4.69) is 127 Å².